The molecule has 146 valence electrons. The maximum Gasteiger partial charge on any atom is 0.192 e. The van der Waals surface area contributed by atoms with Crippen LogP contribution >= 0.6 is 46.6 Å². The molecule has 0 unspecified atom stereocenters. The van der Waals surface area contributed by atoms with Crippen LogP contribution in [-0.4, -0.2) is 19.7 Å². The number of aromatic nitrogens is 4. The van der Waals surface area contributed by atoms with Gasteiger partial charge in [0.2, 0.25) is 0 Å². The van der Waals surface area contributed by atoms with E-state index in [9.17, 15) is 0 Å². The van der Waals surface area contributed by atoms with Crippen molar-refractivity contribution in [1.29, 1.82) is 0 Å². The molecule has 2 heterocycles. The fraction of sp³-hybridized carbons (Fsp3) is 0.0952. The molecule has 0 fully saturated rings. The summed E-state index contributed by atoms with van der Waals surface area (Å²) in [5, 5.41) is 11.4. The van der Waals surface area contributed by atoms with Crippen LogP contribution in [0.15, 0.2) is 72.0 Å². The Bertz CT molecular complexity index is 1130. The third-order valence-corrected chi connectivity index (χ3v) is 6.39. The molecule has 0 aliphatic rings. The van der Waals surface area contributed by atoms with Gasteiger partial charge in [-0.3, -0.25) is 9.55 Å². The van der Waals surface area contributed by atoms with Crippen molar-refractivity contribution < 1.29 is 0 Å². The predicted molar refractivity (Wildman–Crippen MR) is 120 cm³/mol. The lowest BCUT2D eigenvalue weighted by molar-refractivity contribution is 0.713. The Labute approximate surface area is 187 Å². The molecule has 2 aromatic carbocycles. The van der Waals surface area contributed by atoms with E-state index in [1.165, 1.54) is 0 Å². The highest BCUT2D eigenvalue weighted by Crippen LogP contribution is 2.30. The van der Waals surface area contributed by atoms with Gasteiger partial charge in [-0.25, -0.2) is 0 Å². The quantitative estimate of drug-likeness (QED) is 0.302. The van der Waals surface area contributed by atoms with Gasteiger partial charge in [0.25, 0.3) is 0 Å². The second-order valence-corrected chi connectivity index (χ2v) is 8.40. The second kappa shape index (κ2) is 9.18. The van der Waals surface area contributed by atoms with E-state index >= 15 is 0 Å². The summed E-state index contributed by atoms with van der Waals surface area (Å²) < 4.78 is 2.03. The Morgan fingerprint density at radius 1 is 0.828 bits per heavy atom. The summed E-state index contributed by atoms with van der Waals surface area (Å²) in [5.41, 5.74) is 2.80. The van der Waals surface area contributed by atoms with Crippen molar-refractivity contribution in [3.05, 3.63) is 93.1 Å². The first-order valence-corrected chi connectivity index (χ1v) is 10.9. The zero-order valence-electron chi connectivity index (χ0n) is 15.1. The van der Waals surface area contributed by atoms with E-state index in [4.69, 9.17) is 34.8 Å². The summed E-state index contributed by atoms with van der Waals surface area (Å²) in [7, 11) is 0. The fourth-order valence-corrected chi connectivity index (χ4v) is 4.19. The van der Waals surface area contributed by atoms with Gasteiger partial charge in [-0.05, 0) is 41.5 Å². The molecule has 0 aliphatic carbocycles. The van der Waals surface area contributed by atoms with Crippen LogP contribution in [0.1, 0.15) is 11.1 Å². The van der Waals surface area contributed by atoms with Gasteiger partial charge in [-0.2, -0.15) is 0 Å². The van der Waals surface area contributed by atoms with Gasteiger partial charge < -0.3 is 0 Å². The van der Waals surface area contributed by atoms with Crippen LogP contribution in [0.3, 0.4) is 0 Å². The van der Waals surface area contributed by atoms with Crippen molar-refractivity contribution in [2.24, 2.45) is 0 Å². The highest BCUT2D eigenvalue weighted by atomic mass is 35.5. The van der Waals surface area contributed by atoms with Crippen LogP contribution in [0.25, 0.3) is 11.5 Å². The van der Waals surface area contributed by atoms with Crippen LogP contribution in [0.2, 0.25) is 15.1 Å². The fourth-order valence-electron chi connectivity index (χ4n) is 2.80. The van der Waals surface area contributed by atoms with Crippen molar-refractivity contribution in [2.45, 2.75) is 17.5 Å². The Morgan fingerprint density at radius 2 is 1.66 bits per heavy atom. The molecule has 4 aromatic rings. The van der Waals surface area contributed by atoms with Crippen LogP contribution in [0.5, 0.6) is 0 Å². The van der Waals surface area contributed by atoms with Crippen LogP contribution < -0.4 is 0 Å². The van der Waals surface area contributed by atoms with Crippen LogP contribution in [0.4, 0.5) is 0 Å². The molecular formula is C21H15Cl3N4S. The molecular weight excluding hydrogens is 447 g/mol. The molecule has 0 spiro atoms. The van der Waals surface area contributed by atoms with Crippen molar-refractivity contribution in [2.75, 3.05) is 0 Å². The molecule has 2 aromatic heterocycles. The Hall–Kier alpha value is -2.05. The lowest BCUT2D eigenvalue weighted by atomic mass is 10.2. The zero-order chi connectivity index (χ0) is 20.2. The second-order valence-electron chi connectivity index (χ2n) is 6.24. The molecule has 0 saturated heterocycles. The summed E-state index contributed by atoms with van der Waals surface area (Å²) in [6, 6.07) is 19.1. The summed E-state index contributed by atoms with van der Waals surface area (Å²) >= 11 is 20.1. The van der Waals surface area contributed by atoms with Crippen molar-refractivity contribution in [1.82, 2.24) is 19.7 Å². The molecule has 8 heteroatoms. The molecule has 0 N–H and O–H groups in total. The number of thioether (sulfide) groups is 1. The molecule has 4 rings (SSSR count). The number of hydrogen-bond donors (Lipinski definition) is 0. The summed E-state index contributed by atoms with van der Waals surface area (Å²) in [5.74, 6) is 1.38. The summed E-state index contributed by atoms with van der Waals surface area (Å²) in [6.07, 6.45) is 1.74. The van der Waals surface area contributed by atoms with Gasteiger partial charge in [0, 0.05) is 17.0 Å². The van der Waals surface area contributed by atoms with Crippen molar-refractivity contribution >= 4 is 46.6 Å². The van der Waals surface area contributed by atoms with E-state index in [1.807, 2.05) is 59.2 Å². The lowest BCUT2D eigenvalue weighted by Gasteiger charge is -2.11. The normalized spacial score (nSPS) is 11.0. The van der Waals surface area contributed by atoms with E-state index in [-0.39, 0.29) is 0 Å². The number of halogens is 3. The topological polar surface area (TPSA) is 43.6 Å². The minimum absolute atomic E-state index is 0.538. The molecule has 0 amide bonds. The van der Waals surface area contributed by atoms with Gasteiger partial charge in [0.1, 0.15) is 5.69 Å². The number of rotatable bonds is 6. The minimum atomic E-state index is 0.538. The Balaban J connectivity index is 1.66. The summed E-state index contributed by atoms with van der Waals surface area (Å²) in [4.78, 5) is 4.43. The van der Waals surface area contributed by atoms with Gasteiger partial charge >= 0.3 is 0 Å². The average Bonchev–Trinajstić information content (AvgIpc) is 3.14. The standard InChI is InChI=1S/C21H15Cl3N4S/c22-16-6-2-1-5-15(16)12-28-20(19-7-3-4-10-25-19)26-27-21(28)29-13-14-8-9-17(23)18(24)11-14/h1-11H,12-13H2. The number of hydrogen-bond acceptors (Lipinski definition) is 4. The van der Waals surface area contributed by atoms with E-state index in [1.54, 1.807) is 24.0 Å². The highest BCUT2D eigenvalue weighted by Gasteiger charge is 2.17. The van der Waals surface area contributed by atoms with Crippen molar-refractivity contribution in [3.63, 3.8) is 0 Å². The maximum atomic E-state index is 6.39. The highest BCUT2D eigenvalue weighted by molar-refractivity contribution is 7.98. The molecule has 29 heavy (non-hydrogen) atoms. The number of benzene rings is 2. The first kappa shape index (κ1) is 20.2. The minimum Gasteiger partial charge on any atom is -0.296 e. The Morgan fingerprint density at radius 3 is 2.41 bits per heavy atom. The summed E-state index contributed by atoms with van der Waals surface area (Å²) in [6.45, 7) is 0.544. The first-order valence-electron chi connectivity index (χ1n) is 8.76. The predicted octanol–water partition coefficient (Wildman–Crippen LogP) is 6.64. The molecule has 0 bridgehead atoms. The zero-order valence-corrected chi connectivity index (χ0v) is 18.2. The lowest BCUT2D eigenvalue weighted by Crippen LogP contribution is -2.05. The molecule has 0 saturated carbocycles. The maximum absolute atomic E-state index is 6.39. The van der Waals surface area contributed by atoms with E-state index < -0.39 is 0 Å². The van der Waals surface area contributed by atoms with Crippen LogP contribution in [0, 0.1) is 0 Å². The van der Waals surface area contributed by atoms with Crippen LogP contribution in [-0.2, 0) is 12.3 Å². The third kappa shape index (κ3) is 4.75. The largest absolute Gasteiger partial charge is 0.296 e. The monoisotopic (exact) mass is 460 g/mol. The molecule has 0 radical (unpaired) electrons. The van der Waals surface area contributed by atoms with Gasteiger partial charge in [0.05, 0.1) is 16.6 Å². The molecule has 4 nitrogen and oxygen atoms in total. The number of pyridine rings is 1. The van der Waals surface area contributed by atoms with Gasteiger partial charge in [-0.15, -0.1) is 10.2 Å². The first-order chi connectivity index (χ1) is 14.1. The molecule has 0 atom stereocenters. The molecule has 0 aliphatic heterocycles. The third-order valence-electron chi connectivity index (χ3n) is 4.25. The van der Waals surface area contributed by atoms with E-state index in [0.717, 1.165) is 22.0 Å². The Kier molecular flexibility index (Phi) is 6.40. The van der Waals surface area contributed by atoms with Gasteiger partial charge in [-0.1, -0.05) is 76.9 Å². The SMILES string of the molecule is Clc1ccc(CSc2nnc(-c3ccccn3)n2Cc2ccccc2Cl)cc1Cl. The van der Waals surface area contributed by atoms with E-state index in [0.29, 0.717) is 33.2 Å². The number of nitrogens with zero attached hydrogens (tertiary/aromatic N) is 4. The van der Waals surface area contributed by atoms with E-state index in [2.05, 4.69) is 15.2 Å². The van der Waals surface area contributed by atoms with Crippen molar-refractivity contribution in [3.8, 4) is 11.5 Å². The smallest absolute Gasteiger partial charge is 0.192 e. The average molecular weight is 462 g/mol. The van der Waals surface area contributed by atoms with Gasteiger partial charge in [0.15, 0.2) is 11.0 Å².